The zero-order chi connectivity index (χ0) is 28.5. The number of anilines is 1. The Morgan fingerprint density at radius 3 is 2.02 bits per heavy atom. The minimum Gasteiger partial charge on any atom is -0.404 e. The highest BCUT2D eigenvalue weighted by molar-refractivity contribution is 7.48. The monoisotopic (exact) mass is 589 g/mol. The Labute approximate surface area is 230 Å². The average molecular weight is 589 g/mol. The van der Waals surface area contributed by atoms with Crippen LogP contribution in [0.5, 0.6) is 11.5 Å². The molecule has 2 aromatic heterocycles. The summed E-state index contributed by atoms with van der Waals surface area (Å²) in [6.07, 6.45) is 3.55. The Bertz CT molecular complexity index is 1580. The number of nitrogens with two attached hydrogens (primary N) is 1. The Kier molecular flexibility index (Phi) is 7.96. The van der Waals surface area contributed by atoms with Gasteiger partial charge in [0.05, 0.1) is 25.7 Å². The van der Waals surface area contributed by atoms with Crippen molar-refractivity contribution >= 4 is 32.8 Å². The van der Waals surface area contributed by atoms with E-state index in [0.717, 1.165) is 11.1 Å². The second kappa shape index (κ2) is 11.3. The van der Waals surface area contributed by atoms with Crippen LogP contribution in [0.25, 0.3) is 11.2 Å². The minimum atomic E-state index is -4.49. The normalized spacial score (nSPS) is 21.8. The summed E-state index contributed by atoms with van der Waals surface area (Å²) in [4.78, 5) is 33.2. The highest BCUT2D eigenvalue weighted by Crippen LogP contribution is 2.52. The second-order valence-electron chi connectivity index (χ2n) is 9.65. The van der Waals surface area contributed by atoms with Crippen molar-refractivity contribution in [2.45, 2.75) is 26.3 Å². The first-order valence-electron chi connectivity index (χ1n) is 12.4. The smallest absolute Gasteiger partial charge is 0.404 e. The fraction of sp³-hybridized carbons (Fsp3) is 0.320. The summed E-state index contributed by atoms with van der Waals surface area (Å²) in [5.41, 5.74) is 8.71. The summed E-state index contributed by atoms with van der Waals surface area (Å²) in [5, 5.41) is 0. The van der Waals surface area contributed by atoms with Gasteiger partial charge in [-0.25, -0.2) is 19.1 Å². The highest BCUT2D eigenvalue weighted by atomic mass is 31.2. The van der Waals surface area contributed by atoms with Crippen molar-refractivity contribution in [3.63, 3.8) is 0 Å². The van der Waals surface area contributed by atoms with Crippen LogP contribution in [0.1, 0.15) is 23.6 Å². The number of imidazole rings is 1. The third kappa shape index (κ3) is 6.69. The minimum absolute atomic E-state index is 0.0714. The summed E-state index contributed by atoms with van der Waals surface area (Å²) in [6.45, 7) is 3.39. The van der Waals surface area contributed by atoms with E-state index < -0.39 is 21.6 Å². The molecule has 212 valence electrons. The van der Waals surface area contributed by atoms with Gasteiger partial charge in [-0.3, -0.25) is 18.8 Å². The van der Waals surface area contributed by atoms with Gasteiger partial charge in [-0.1, -0.05) is 35.4 Å². The fourth-order valence-electron chi connectivity index (χ4n) is 4.51. The molecule has 5 atom stereocenters. The number of phosphoric acid groups is 2. The molecule has 1 aliphatic rings. The van der Waals surface area contributed by atoms with Crippen molar-refractivity contribution in [3.05, 3.63) is 72.2 Å². The van der Waals surface area contributed by atoms with Gasteiger partial charge >= 0.3 is 15.6 Å². The molecule has 0 amide bonds. The summed E-state index contributed by atoms with van der Waals surface area (Å²) < 4.78 is 48.2. The van der Waals surface area contributed by atoms with Crippen LogP contribution in [0.15, 0.2) is 61.1 Å². The third-order valence-corrected chi connectivity index (χ3v) is 8.53. The molecule has 0 bridgehead atoms. The molecule has 15 heteroatoms. The van der Waals surface area contributed by atoms with Gasteiger partial charge in [0.25, 0.3) is 0 Å². The standard InChI is InChI=1S/C25H29N5O8P2/c1-16-3-7-19(8-4-16)37-39(31,32)35-13-18-11-23(30-15-28-22-12-27-25(26)29-24(22)30)21(18)14-36-40(33,34)38-20-9-5-17(2)6-10-20/h3-10,12,15,18,21,23H,11,13-14H2,1-2H3,(H,31,32)(H,33,34)(H2,26,27,29)/t18-,21-,23-/m1/s1. The molecule has 1 fully saturated rings. The maximum atomic E-state index is 12.7. The Morgan fingerprint density at radius 1 is 0.900 bits per heavy atom. The molecule has 4 N–H and O–H groups in total. The van der Waals surface area contributed by atoms with Gasteiger partial charge in [0, 0.05) is 12.0 Å². The summed E-state index contributed by atoms with van der Waals surface area (Å²) in [7, 11) is -8.93. The zero-order valence-corrected chi connectivity index (χ0v) is 23.5. The van der Waals surface area contributed by atoms with E-state index in [1.165, 1.54) is 6.20 Å². The van der Waals surface area contributed by atoms with Crippen LogP contribution >= 0.6 is 15.6 Å². The third-order valence-electron chi connectivity index (χ3n) is 6.70. The van der Waals surface area contributed by atoms with Crippen LogP contribution in [0.3, 0.4) is 0 Å². The molecule has 40 heavy (non-hydrogen) atoms. The molecule has 5 rings (SSSR count). The number of rotatable bonds is 11. The Balaban J connectivity index is 1.30. The predicted molar refractivity (Wildman–Crippen MR) is 146 cm³/mol. The molecule has 2 aromatic carbocycles. The second-order valence-corrected chi connectivity index (χ2v) is 12.4. The maximum Gasteiger partial charge on any atom is 0.527 e. The lowest BCUT2D eigenvalue weighted by molar-refractivity contribution is -0.00444. The van der Waals surface area contributed by atoms with E-state index in [4.69, 9.17) is 23.8 Å². The first-order chi connectivity index (χ1) is 19.0. The SMILES string of the molecule is Cc1ccc(OP(=O)(O)OC[C@H]2C[C@@H](n3cnc4cnc(N)nc43)[C@@H]2COP(=O)(O)Oc2ccc(C)cc2)cc1. The van der Waals surface area contributed by atoms with Crippen molar-refractivity contribution < 1.29 is 37.0 Å². The van der Waals surface area contributed by atoms with Crippen molar-refractivity contribution in [2.24, 2.45) is 11.8 Å². The van der Waals surface area contributed by atoms with Crippen LogP contribution in [-0.4, -0.2) is 42.5 Å². The van der Waals surface area contributed by atoms with E-state index in [-0.39, 0.29) is 42.6 Å². The summed E-state index contributed by atoms with van der Waals surface area (Å²) in [6, 6.07) is 13.0. The molecular weight excluding hydrogens is 560 g/mol. The maximum absolute atomic E-state index is 12.7. The molecule has 0 saturated heterocycles. The fourth-order valence-corrected chi connectivity index (χ4v) is 6.13. The van der Waals surface area contributed by atoms with Gasteiger partial charge in [-0.2, -0.15) is 4.98 Å². The van der Waals surface area contributed by atoms with Gasteiger partial charge in [0.2, 0.25) is 5.95 Å². The summed E-state index contributed by atoms with van der Waals surface area (Å²) in [5.74, 6) is -0.316. The zero-order valence-electron chi connectivity index (χ0n) is 21.7. The number of nitrogens with zero attached hydrogens (tertiary/aromatic N) is 4. The van der Waals surface area contributed by atoms with Gasteiger partial charge in [-0.15, -0.1) is 0 Å². The molecule has 0 aliphatic heterocycles. The molecule has 2 unspecified atom stereocenters. The Hall–Kier alpha value is -3.31. The molecule has 4 aromatic rings. The number of fused-ring (bicyclic) bond motifs is 1. The molecule has 1 aliphatic carbocycles. The number of hydrogen-bond donors (Lipinski definition) is 3. The average Bonchev–Trinajstić information content (AvgIpc) is 3.28. The van der Waals surface area contributed by atoms with Crippen LogP contribution in [0.2, 0.25) is 0 Å². The predicted octanol–water partition coefficient (Wildman–Crippen LogP) is 4.59. The molecule has 0 radical (unpaired) electrons. The van der Waals surface area contributed by atoms with Crippen molar-refractivity contribution in [2.75, 3.05) is 18.9 Å². The molecule has 2 heterocycles. The van der Waals surface area contributed by atoms with Crippen LogP contribution < -0.4 is 14.8 Å². The van der Waals surface area contributed by atoms with E-state index in [1.54, 1.807) is 59.4 Å². The molecule has 0 spiro atoms. The van der Waals surface area contributed by atoms with Gasteiger partial charge in [-0.05, 0) is 50.5 Å². The first-order valence-corrected chi connectivity index (χ1v) is 15.4. The lowest BCUT2D eigenvalue weighted by atomic mass is 9.70. The van der Waals surface area contributed by atoms with Crippen LogP contribution in [0, 0.1) is 25.7 Å². The van der Waals surface area contributed by atoms with Crippen LogP contribution in [-0.2, 0) is 18.2 Å². The van der Waals surface area contributed by atoms with Crippen LogP contribution in [0.4, 0.5) is 5.95 Å². The quantitative estimate of drug-likeness (QED) is 0.207. The van der Waals surface area contributed by atoms with Crippen molar-refractivity contribution in [3.8, 4) is 11.5 Å². The lowest BCUT2D eigenvalue weighted by Gasteiger charge is -2.45. The lowest BCUT2D eigenvalue weighted by Crippen LogP contribution is -2.43. The number of hydrogen-bond acceptors (Lipinski definition) is 10. The highest BCUT2D eigenvalue weighted by Gasteiger charge is 2.45. The topological polar surface area (TPSA) is 181 Å². The molecular formula is C25H29N5O8P2. The number of nitrogen functional groups attached to an aromatic ring is 1. The van der Waals surface area contributed by atoms with Gasteiger partial charge < -0.3 is 19.3 Å². The van der Waals surface area contributed by atoms with Gasteiger partial charge in [0.15, 0.2) is 5.65 Å². The summed E-state index contributed by atoms with van der Waals surface area (Å²) >= 11 is 0. The van der Waals surface area contributed by atoms with E-state index in [1.807, 2.05) is 13.8 Å². The molecule has 1 saturated carbocycles. The molecule has 13 nitrogen and oxygen atoms in total. The van der Waals surface area contributed by atoms with Crippen molar-refractivity contribution in [1.29, 1.82) is 0 Å². The largest absolute Gasteiger partial charge is 0.527 e. The number of aryl methyl sites for hydroxylation is 2. The Morgan fingerprint density at radius 2 is 1.45 bits per heavy atom. The van der Waals surface area contributed by atoms with E-state index in [0.29, 0.717) is 17.6 Å². The number of phosphoric ester groups is 2. The van der Waals surface area contributed by atoms with E-state index >= 15 is 0 Å². The van der Waals surface area contributed by atoms with Crippen molar-refractivity contribution in [1.82, 2.24) is 19.5 Å². The first kappa shape index (κ1) is 28.2. The number of aromatic nitrogens is 4. The number of benzene rings is 2. The van der Waals surface area contributed by atoms with E-state index in [9.17, 15) is 18.9 Å². The van der Waals surface area contributed by atoms with Gasteiger partial charge in [0.1, 0.15) is 17.0 Å². The van der Waals surface area contributed by atoms with E-state index in [2.05, 4.69) is 15.0 Å².